The van der Waals surface area contributed by atoms with Crippen molar-refractivity contribution < 1.29 is 25.2 Å². The fourth-order valence-electron chi connectivity index (χ4n) is 9.43. The van der Waals surface area contributed by atoms with Crippen LogP contribution in [0.4, 0.5) is 0 Å². The molecule has 0 radical (unpaired) electrons. The standard InChI is InChI=1S/C63H119NO5/c1-3-5-7-9-11-13-15-17-19-21-23-25-27-28-29-30-31-32-33-35-36-38-40-42-44-46-48-50-52-54-56-60(66)62(68)59(58-65)64-63(69)61(67)57-55-53-51-49-47-45-43-41-39-37-34-26-24-22-20-18-16-14-12-10-8-6-4-2/h33,35,37,39-40,42,48,50,59-62,65-68H,3-32,34,36,38,41,43-47,49,51-58H2,1-2H3,(H,64,69)/b35-33+,39-37-,42-40+,50-48+. The van der Waals surface area contributed by atoms with Gasteiger partial charge in [-0.2, -0.15) is 0 Å². The molecule has 6 heteroatoms. The number of aliphatic hydroxyl groups is 4. The zero-order valence-electron chi connectivity index (χ0n) is 46.1. The second-order valence-corrected chi connectivity index (χ2v) is 21.0. The van der Waals surface area contributed by atoms with E-state index < -0.39 is 36.9 Å². The van der Waals surface area contributed by atoms with Crippen LogP contribution in [0.3, 0.4) is 0 Å². The maximum Gasteiger partial charge on any atom is 0.249 e. The summed E-state index contributed by atoms with van der Waals surface area (Å²) in [5.41, 5.74) is 0. The van der Waals surface area contributed by atoms with E-state index in [0.717, 1.165) is 51.4 Å². The molecule has 0 aromatic heterocycles. The van der Waals surface area contributed by atoms with E-state index in [0.29, 0.717) is 19.3 Å². The Morgan fingerprint density at radius 3 is 0.913 bits per heavy atom. The summed E-state index contributed by atoms with van der Waals surface area (Å²) in [4.78, 5) is 12.6. The van der Waals surface area contributed by atoms with Crippen LogP contribution in [0.1, 0.15) is 316 Å². The molecule has 406 valence electrons. The molecule has 0 saturated carbocycles. The number of amides is 1. The highest BCUT2D eigenvalue weighted by atomic mass is 16.3. The van der Waals surface area contributed by atoms with Gasteiger partial charge < -0.3 is 25.7 Å². The summed E-state index contributed by atoms with van der Waals surface area (Å²) in [7, 11) is 0. The van der Waals surface area contributed by atoms with Crippen LogP contribution in [0.5, 0.6) is 0 Å². The summed E-state index contributed by atoms with van der Waals surface area (Å²) in [6.45, 7) is 4.07. The molecule has 69 heavy (non-hydrogen) atoms. The van der Waals surface area contributed by atoms with E-state index in [4.69, 9.17) is 0 Å². The highest BCUT2D eigenvalue weighted by Gasteiger charge is 2.28. The molecular formula is C63H119NO5. The minimum Gasteiger partial charge on any atom is -0.394 e. The quantitative estimate of drug-likeness (QED) is 0.0308. The van der Waals surface area contributed by atoms with E-state index in [9.17, 15) is 25.2 Å². The predicted octanol–water partition coefficient (Wildman–Crippen LogP) is 18.1. The fraction of sp³-hybridized carbons (Fsp3) is 0.857. The van der Waals surface area contributed by atoms with Gasteiger partial charge in [0.25, 0.3) is 0 Å². The van der Waals surface area contributed by atoms with Crippen LogP contribution in [0.15, 0.2) is 48.6 Å². The topological polar surface area (TPSA) is 110 Å². The van der Waals surface area contributed by atoms with Crippen LogP contribution in [0, 0.1) is 0 Å². The molecule has 0 heterocycles. The second-order valence-electron chi connectivity index (χ2n) is 21.0. The van der Waals surface area contributed by atoms with Gasteiger partial charge in [0, 0.05) is 0 Å². The molecule has 0 aliphatic rings. The summed E-state index contributed by atoms with van der Waals surface area (Å²) in [6.07, 6.45) is 73.4. The molecule has 6 nitrogen and oxygen atoms in total. The summed E-state index contributed by atoms with van der Waals surface area (Å²) in [5.74, 6) is -0.600. The van der Waals surface area contributed by atoms with Crippen LogP contribution in [0.2, 0.25) is 0 Å². The van der Waals surface area contributed by atoms with E-state index in [2.05, 4.69) is 67.8 Å². The van der Waals surface area contributed by atoms with Crippen LogP contribution < -0.4 is 5.32 Å². The first kappa shape index (κ1) is 67.3. The molecule has 0 aromatic rings. The zero-order valence-corrected chi connectivity index (χ0v) is 46.1. The number of hydrogen-bond donors (Lipinski definition) is 5. The van der Waals surface area contributed by atoms with Crippen molar-refractivity contribution in [2.24, 2.45) is 0 Å². The lowest BCUT2D eigenvalue weighted by Gasteiger charge is -2.27. The Morgan fingerprint density at radius 2 is 0.609 bits per heavy atom. The smallest absolute Gasteiger partial charge is 0.249 e. The van der Waals surface area contributed by atoms with Crippen molar-refractivity contribution in [3.05, 3.63) is 48.6 Å². The molecule has 1 amide bonds. The van der Waals surface area contributed by atoms with Gasteiger partial charge in [-0.3, -0.25) is 4.79 Å². The highest BCUT2D eigenvalue weighted by Crippen LogP contribution is 2.17. The van der Waals surface area contributed by atoms with Crippen LogP contribution in [0.25, 0.3) is 0 Å². The van der Waals surface area contributed by atoms with Gasteiger partial charge in [0.2, 0.25) is 5.91 Å². The summed E-state index contributed by atoms with van der Waals surface area (Å²) < 4.78 is 0. The fourth-order valence-corrected chi connectivity index (χ4v) is 9.43. The van der Waals surface area contributed by atoms with Crippen molar-refractivity contribution in [1.29, 1.82) is 0 Å². The first-order chi connectivity index (χ1) is 34.0. The molecule has 0 spiro atoms. The molecular weight excluding hydrogens is 851 g/mol. The molecule has 0 fully saturated rings. The first-order valence-electron chi connectivity index (χ1n) is 30.5. The number of hydrogen-bond acceptors (Lipinski definition) is 5. The molecule has 4 atom stereocenters. The summed E-state index contributed by atoms with van der Waals surface area (Å²) >= 11 is 0. The molecule has 0 rings (SSSR count). The Balaban J connectivity index is 3.69. The third-order valence-corrected chi connectivity index (χ3v) is 14.2. The minimum atomic E-state index is -1.30. The van der Waals surface area contributed by atoms with Crippen molar-refractivity contribution in [2.75, 3.05) is 6.61 Å². The SMILES string of the molecule is CCCCCCCCCCCCCC/C=C\CCCCCCCCCC(O)C(=O)NC(CO)C(O)C(O)CCC/C=C/CC/C=C/CC/C=C/CCCCCCCCCCCCCCCCCCC. The number of nitrogens with one attached hydrogen (secondary N) is 1. The Hall–Kier alpha value is -1.73. The molecule has 0 aromatic carbocycles. The molecule has 0 bridgehead atoms. The molecule has 5 N–H and O–H groups in total. The van der Waals surface area contributed by atoms with E-state index in [1.165, 1.54) is 231 Å². The van der Waals surface area contributed by atoms with Crippen LogP contribution in [-0.2, 0) is 4.79 Å². The summed E-state index contributed by atoms with van der Waals surface area (Å²) in [6, 6.07) is -1.02. The maximum absolute atomic E-state index is 12.6. The lowest BCUT2D eigenvalue weighted by Crippen LogP contribution is -2.53. The van der Waals surface area contributed by atoms with Gasteiger partial charge in [-0.15, -0.1) is 0 Å². The average molecular weight is 971 g/mol. The lowest BCUT2D eigenvalue weighted by atomic mass is 10.00. The van der Waals surface area contributed by atoms with Gasteiger partial charge in [-0.25, -0.2) is 0 Å². The summed E-state index contributed by atoms with van der Waals surface area (Å²) in [5, 5.41) is 44.0. The third kappa shape index (κ3) is 51.0. The van der Waals surface area contributed by atoms with E-state index in [1.54, 1.807) is 0 Å². The van der Waals surface area contributed by atoms with Gasteiger partial charge in [0.15, 0.2) is 0 Å². The van der Waals surface area contributed by atoms with Gasteiger partial charge in [-0.1, -0.05) is 274 Å². The average Bonchev–Trinajstić information content (AvgIpc) is 3.35. The highest BCUT2D eigenvalue weighted by molar-refractivity contribution is 5.80. The van der Waals surface area contributed by atoms with Crippen molar-refractivity contribution >= 4 is 5.91 Å². The van der Waals surface area contributed by atoms with Crippen molar-refractivity contribution in [3.63, 3.8) is 0 Å². The van der Waals surface area contributed by atoms with E-state index in [1.807, 2.05) is 0 Å². The first-order valence-corrected chi connectivity index (χ1v) is 30.5. The van der Waals surface area contributed by atoms with Gasteiger partial charge in [-0.05, 0) is 89.9 Å². The lowest BCUT2D eigenvalue weighted by molar-refractivity contribution is -0.132. The minimum absolute atomic E-state index is 0.353. The number of rotatable bonds is 56. The number of carbonyl (C=O) groups is 1. The normalized spacial score (nSPS) is 14.0. The van der Waals surface area contributed by atoms with E-state index in [-0.39, 0.29) is 0 Å². The monoisotopic (exact) mass is 970 g/mol. The molecule has 0 aliphatic heterocycles. The molecule has 0 aliphatic carbocycles. The van der Waals surface area contributed by atoms with E-state index >= 15 is 0 Å². The number of unbranched alkanes of at least 4 members (excludes halogenated alkanes) is 39. The van der Waals surface area contributed by atoms with Gasteiger partial charge in [0.05, 0.1) is 18.8 Å². The van der Waals surface area contributed by atoms with Crippen molar-refractivity contribution in [3.8, 4) is 0 Å². The predicted molar refractivity (Wildman–Crippen MR) is 302 cm³/mol. The number of allylic oxidation sites excluding steroid dienone is 8. The second kappa shape index (κ2) is 57.2. The van der Waals surface area contributed by atoms with Gasteiger partial charge in [0.1, 0.15) is 12.2 Å². The van der Waals surface area contributed by atoms with Crippen molar-refractivity contribution in [1.82, 2.24) is 5.32 Å². The maximum atomic E-state index is 12.6. The van der Waals surface area contributed by atoms with Crippen LogP contribution in [-0.4, -0.2) is 57.3 Å². The zero-order chi connectivity index (χ0) is 50.2. The molecule has 0 saturated heterocycles. The Bertz CT molecular complexity index is 1130. The number of carbonyl (C=O) groups excluding carboxylic acids is 1. The third-order valence-electron chi connectivity index (χ3n) is 14.2. The number of aliphatic hydroxyl groups excluding tert-OH is 4. The molecule has 4 unspecified atom stereocenters. The largest absolute Gasteiger partial charge is 0.394 e. The van der Waals surface area contributed by atoms with Crippen molar-refractivity contribution in [2.45, 2.75) is 340 Å². The Labute approximate surface area is 429 Å². The Kier molecular flexibility index (Phi) is 55.7. The Morgan fingerprint density at radius 1 is 0.348 bits per heavy atom. The van der Waals surface area contributed by atoms with Gasteiger partial charge >= 0.3 is 0 Å². The van der Waals surface area contributed by atoms with Crippen LogP contribution >= 0.6 is 0 Å².